The monoisotopic (exact) mass is 449 g/mol. The van der Waals surface area contributed by atoms with E-state index in [2.05, 4.69) is 4.98 Å². The van der Waals surface area contributed by atoms with Crippen molar-refractivity contribution in [1.82, 2.24) is 14.5 Å². The minimum absolute atomic E-state index is 0.120. The van der Waals surface area contributed by atoms with Gasteiger partial charge in [-0.05, 0) is 50.5 Å². The number of rotatable bonds is 3. The van der Waals surface area contributed by atoms with E-state index < -0.39 is 11.7 Å². The summed E-state index contributed by atoms with van der Waals surface area (Å²) in [6.45, 7) is 6.20. The van der Waals surface area contributed by atoms with Crippen molar-refractivity contribution < 1.29 is 9.53 Å². The maximum atomic E-state index is 13.7. The summed E-state index contributed by atoms with van der Waals surface area (Å²) in [6, 6.07) is 19.4. The second-order valence-corrected chi connectivity index (χ2v) is 9.32. The molecular formula is C25H27N3O3S. The molecule has 0 spiro atoms. The van der Waals surface area contributed by atoms with Gasteiger partial charge in [0, 0.05) is 17.8 Å². The Balaban J connectivity index is 1.77. The van der Waals surface area contributed by atoms with Gasteiger partial charge in [0.1, 0.15) is 5.60 Å². The Morgan fingerprint density at radius 1 is 1.03 bits per heavy atom. The number of ether oxygens (including phenoxy) is 1. The second-order valence-electron chi connectivity index (χ2n) is 8.94. The molecule has 2 heterocycles. The Labute approximate surface area is 192 Å². The summed E-state index contributed by atoms with van der Waals surface area (Å²) < 4.78 is 7.48. The van der Waals surface area contributed by atoms with E-state index in [4.69, 9.17) is 17.0 Å². The molecule has 0 atom stereocenters. The van der Waals surface area contributed by atoms with E-state index in [1.165, 1.54) is 0 Å². The number of aromatic nitrogens is 2. The maximum Gasteiger partial charge on any atom is 0.410 e. The van der Waals surface area contributed by atoms with E-state index >= 15 is 0 Å². The highest BCUT2D eigenvalue weighted by atomic mass is 32.1. The molecule has 1 N–H and O–H groups in total. The third-order valence-corrected chi connectivity index (χ3v) is 5.74. The summed E-state index contributed by atoms with van der Waals surface area (Å²) in [4.78, 5) is 31.0. The van der Waals surface area contributed by atoms with E-state index in [1.54, 1.807) is 9.47 Å². The Morgan fingerprint density at radius 3 is 2.12 bits per heavy atom. The number of H-pyrrole nitrogens is 1. The van der Waals surface area contributed by atoms with Gasteiger partial charge in [-0.15, -0.1) is 0 Å². The first-order valence-corrected chi connectivity index (χ1v) is 11.1. The summed E-state index contributed by atoms with van der Waals surface area (Å²) in [5.41, 5.74) is 2.60. The van der Waals surface area contributed by atoms with Crippen LogP contribution in [0.4, 0.5) is 4.79 Å². The Morgan fingerprint density at radius 2 is 1.59 bits per heavy atom. The van der Waals surface area contributed by atoms with Gasteiger partial charge in [0.05, 0.1) is 12.6 Å². The first kappa shape index (κ1) is 22.0. The van der Waals surface area contributed by atoms with Gasteiger partial charge >= 0.3 is 6.09 Å². The van der Waals surface area contributed by atoms with E-state index in [-0.39, 0.29) is 18.1 Å². The van der Waals surface area contributed by atoms with Crippen molar-refractivity contribution in [2.45, 2.75) is 45.4 Å². The van der Waals surface area contributed by atoms with Crippen LogP contribution in [0.3, 0.4) is 0 Å². The molecule has 1 aromatic heterocycles. The van der Waals surface area contributed by atoms with Crippen LogP contribution in [0, 0.1) is 4.77 Å². The molecule has 4 rings (SSSR count). The van der Waals surface area contributed by atoms with Crippen molar-refractivity contribution >= 4 is 18.3 Å². The number of hydrogen-bond donors (Lipinski definition) is 1. The first-order valence-electron chi connectivity index (χ1n) is 10.7. The van der Waals surface area contributed by atoms with Crippen LogP contribution >= 0.6 is 12.2 Å². The van der Waals surface area contributed by atoms with E-state index in [0.717, 1.165) is 11.1 Å². The number of amides is 1. The number of aromatic amines is 1. The number of hydrogen-bond acceptors (Lipinski definition) is 4. The van der Waals surface area contributed by atoms with Crippen molar-refractivity contribution in [3.8, 4) is 0 Å². The number of benzene rings is 2. The van der Waals surface area contributed by atoms with Gasteiger partial charge in [0.2, 0.25) is 0 Å². The quantitative estimate of drug-likeness (QED) is 0.581. The van der Waals surface area contributed by atoms with Crippen LogP contribution in [-0.4, -0.2) is 32.7 Å². The molecule has 0 fully saturated rings. The Bertz CT molecular complexity index is 1190. The topological polar surface area (TPSA) is 67.3 Å². The molecular weight excluding hydrogens is 422 g/mol. The van der Waals surface area contributed by atoms with Gasteiger partial charge in [-0.3, -0.25) is 9.36 Å². The molecule has 0 bridgehead atoms. The number of nitrogens with zero attached hydrogens (tertiary/aromatic N) is 2. The molecule has 2 aromatic carbocycles. The highest BCUT2D eigenvalue weighted by Gasteiger charge is 2.29. The molecule has 0 unspecified atom stereocenters. The molecule has 3 aromatic rings. The number of nitrogens with one attached hydrogen (secondary N) is 1. The van der Waals surface area contributed by atoms with Gasteiger partial charge in [0.15, 0.2) is 4.77 Å². The van der Waals surface area contributed by atoms with Crippen molar-refractivity contribution in [2.24, 2.45) is 0 Å². The Hall–Kier alpha value is -3.19. The average molecular weight is 450 g/mol. The lowest BCUT2D eigenvalue weighted by Crippen LogP contribution is -2.43. The predicted molar refractivity (Wildman–Crippen MR) is 126 cm³/mol. The van der Waals surface area contributed by atoms with E-state index in [1.807, 2.05) is 81.4 Å². The summed E-state index contributed by atoms with van der Waals surface area (Å²) >= 11 is 5.67. The zero-order valence-electron chi connectivity index (χ0n) is 18.5. The smallest absolute Gasteiger partial charge is 0.410 e. The lowest BCUT2D eigenvalue weighted by molar-refractivity contribution is 0.0220. The standard InChI is InChI=1S/C25H27N3O3S/c1-25(2,3)31-24(30)27-15-14-19-20(16-27)26-23(32)28(22(19)29)21(17-10-6-4-7-11-17)18-12-8-5-9-13-18/h4-13,21H,14-16H2,1-3H3,(H,26,32). The van der Waals surface area contributed by atoms with Gasteiger partial charge in [-0.1, -0.05) is 60.7 Å². The third kappa shape index (κ3) is 4.53. The van der Waals surface area contributed by atoms with Crippen LogP contribution in [0.25, 0.3) is 0 Å². The van der Waals surface area contributed by atoms with Gasteiger partial charge < -0.3 is 14.6 Å². The van der Waals surface area contributed by atoms with Crippen molar-refractivity contribution in [3.63, 3.8) is 0 Å². The number of carbonyl (C=O) groups is 1. The summed E-state index contributed by atoms with van der Waals surface area (Å²) in [5.74, 6) is 0. The fourth-order valence-corrected chi connectivity index (χ4v) is 4.33. The first-order chi connectivity index (χ1) is 15.2. The fourth-order valence-electron chi connectivity index (χ4n) is 4.02. The van der Waals surface area contributed by atoms with Crippen molar-refractivity contribution in [2.75, 3.05) is 6.54 Å². The molecule has 1 aliphatic rings. The van der Waals surface area contributed by atoms with Crippen LogP contribution in [-0.2, 0) is 17.7 Å². The highest BCUT2D eigenvalue weighted by molar-refractivity contribution is 7.71. The van der Waals surface area contributed by atoms with Gasteiger partial charge in [-0.25, -0.2) is 4.79 Å². The molecule has 1 aliphatic heterocycles. The number of carbonyl (C=O) groups excluding carboxylic acids is 1. The minimum Gasteiger partial charge on any atom is -0.444 e. The maximum absolute atomic E-state index is 13.7. The van der Waals surface area contributed by atoms with Crippen LogP contribution in [0.2, 0.25) is 0 Å². The molecule has 0 saturated heterocycles. The van der Waals surface area contributed by atoms with Crippen LogP contribution < -0.4 is 5.56 Å². The average Bonchev–Trinajstić information content (AvgIpc) is 2.76. The van der Waals surface area contributed by atoms with Gasteiger partial charge in [0.25, 0.3) is 5.56 Å². The third-order valence-electron chi connectivity index (χ3n) is 5.44. The minimum atomic E-state index is -0.577. The molecule has 0 aliphatic carbocycles. The van der Waals surface area contributed by atoms with Crippen LogP contribution in [0.15, 0.2) is 65.5 Å². The molecule has 32 heavy (non-hydrogen) atoms. The Kier molecular flexibility index (Phi) is 6.02. The zero-order valence-corrected chi connectivity index (χ0v) is 19.3. The molecule has 6 nitrogen and oxygen atoms in total. The lowest BCUT2D eigenvalue weighted by Gasteiger charge is -2.31. The lowest BCUT2D eigenvalue weighted by atomic mass is 9.98. The summed E-state index contributed by atoms with van der Waals surface area (Å²) in [6.07, 6.45) is 0.0496. The van der Waals surface area contributed by atoms with Crippen molar-refractivity contribution in [3.05, 3.63) is 98.2 Å². The predicted octanol–water partition coefficient (Wildman–Crippen LogP) is 4.84. The molecule has 7 heteroatoms. The number of fused-ring (bicyclic) bond motifs is 1. The normalized spacial score (nSPS) is 13.7. The summed E-state index contributed by atoms with van der Waals surface area (Å²) in [5, 5.41) is 0. The van der Waals surface area contributed by atoms with Crippen LogP contribution in [0.5, 0.6) is 0 Å². The molecule has 166 valence electrons. The summed E-state index contributed by atoms with van der Waals surface area (Å²) in [7, 11) is 0. The van der Waals surface area contributed by atoms with Crippen molar-refractivity contribution in [1.29, 1.82) is 0 Å². The molecule has 0 saturated carbocycles. The SMILES string of the molecule is CC(C)(C)OC(=O)N1CCc2c([nH]c(=S)n(C(c3ccccc3)c3ccccc3)c2=O)C1. The van der Waals surface area contributed by atoms with Crippen LogP contribution in [0.1, 0.15) is 49.2 Å². The highest BCUT2D eigenvalue weighted by Crippen LogP contribution is 2.27. The second kappa shape index (κ2) is 8.74. The largest absolute Gasteiger partial charge is 0.444 e. The molecule has 1 amide bonds. The van der Waals surface area contributed by atoms with E-state index in [0.29, 0.717) is 29.0 Å². The zero-order chi connectivity index (χ0) is 22.9. The van der Waals surface area contributed by atoms with Gasteiger partial charge in [-0.2, -0.15) is 0 Å². The fraction of sp³-hybridized carbons (Fsp3) is 0.320. The molecule has 0 radical (unpaired) electrons. The van der Waals surface area contributed by atoms with E-state index in [9.17, 15) is 9.59 Å².